The molecule has 1 amide bonds. The summed E-state index contributed by atoms with van der Waals surface area (Å²) in [5, 5.41) is 5.67. The molecule has 2 rings (SSSR count). The summed E-state index contributed by atoms with van der Waals surface area (Å²) >= 11 is 0. The molecule has 0 saturated heterocycles. The van der Waals surface area contributed by atoms with E-state index < -0.39 is 23.3 Å². The largest absolute Gasteiger partial charge is 0.497 e. The molecule has 0 unspecified atom stereocenters. The van der Waals surface area contributed by atoms with Crippen molar-refractivity contribution in [1.82, 2.24) is 9.78 Å². The third-order valence-corrected chi connectivity index (χ3v) is 2.69. The summed E-state index contributed by atoms with van der Waals surface area (Å²) in [5.74, 6) is -0.300. The van der Waals surface area contributed by atoms with E-state index in [1.165, 1.54) is 26.3 Å². The Hall–Kier alpha value is -2.51. The van der Waals surface area contributed by atoms with Gasteiger partial charge in [0.15, 0.2) is 5.69 Å². The quantitative estimate of drug-likeness (QED) is 0.948. The van der Waals surface area contributed by atoms with Gasteiger partial charge in [0.2, 0.25) is 0 Å². The van der Waals surface area contributed by atoms with Gasteiger partial charge in [-0.2, -0.15) is 18.3 Å². The lowest BCUT2D eigenvalue weighted by atomic mass is 10.2. The fourth-order valence-corrected chi connectivity index (χ4v) is 1.74. The van der Waals surface area contributed by atoms with Gasteiger partial charge in [-0.05, 0) is 24.3 Å². The first kappa shape index (κ1) is 14.9. The number of carbonyl (C=O) groups excluding carboxylic acids is 1. The summed E-state index contributed by atoms with van der Waals surface area (Å²) in [7, 11) is 2.80. The van der Waals surface area contributed by atoms with Gasteiger partial charge in [0, 0.05) is 18.9 Å². The van der Waals surface area contributed by atoms with E-state index in [0.29, 0.717) is 11.4 Å². The molecule has 0 aliphatic rings. The van der Waals surface area contributed by atoms with E-state index >= 15 is 0 Å². The predicted molar refractivity (Wildman–Crippen MR) is 69.2 cm³/mol. The third-order valence-electron chi connectivity index (χ3n) is 2.69. The molecule has 1 aromatic heterocycles. The number of rotatable bonds is 3. The monoisotopic (exact) mass is 299 g/mol. The van der Waals surface area contributed by atoms with E-state index in [2.05, 4.69) is 10.4 Å². The van der Waals surface area contributed by atoms with Crippen molar-refractivity contribution in [2.75, 3.05) is 12.4 Å². The molecule has 0 aliphatic carbocycles. The van der Waals surface area contributed by atoms with Gasteiger partial charge in [0.05, 0.1) is 12.7 Å². The summed E-state index contributed by atoms with van der Waals surface area (Å²) in [5.41, 5.74) is -1.38. The second-order valence-electron chi connectivity index (χ2n) is 4.25. The SMILES string of the molecule is COc1ccc(NC(=O)c2cn(C)nc2C(F)(F)F)cc1. The number of benzene rings is 1. The van der Waals surface area contributed by atoms with Crippen molar-refractivity contribution in [3.8, 4) is 5.75 Å². The number of alkyl halides is 3. The van der Waals surface area contributed by atoms with Gasteiger partial charge in [-0.25, -0.2) is 0 Å². The van der Waals surface area contributed by atoms with Gasteiger partial charge in [0.25, 0.3) is 5.91 Å². The maximum absolute atomic E-state index is 12.8. The number of anilines is 1. The zero-order valence-corrected chi connectivity index (χ0v) is 11.2. The van der Waals surface area contributed by atoms with Crippen LogP contribution in [0.25, 0.3) is 0 Å². The first-order valence-corrected chi connectivity index (χ1v) is 5.87. The van der Waals surface area contributed by atoms with Crippen LogP contribution in [0.15, 0.2) is 30.5 Å². The zero-order valence-electron chi connectivity index (χ0n) is 11.2. The van der Waals surface area contributed by atoms with E-state index in [1.54, 1.807) is 12.1 Å². The van der Waals surface area contributed by atoms with Crippen LogP contribution in [0.5, 0.6) is 5.75 Å². The van der Waals surface area contributed by atoms with E-state index in [9.17, 15) is 18.0 Å². The van der Waals surface area contributed by atoms with Crippen LogP contribution in [-0.2, 0) is 13.2 Å². The molecule has 1 heterocycles. The van der Waals surface area contributed by atoms with Gasteiger partial charge in [-0.3, -0.25) is 9.48 Å². The van der Waals surface area contributed by atoms with E-state index in [-0.39, 0.29) is 0 Å². The molecular formula is C13H12F3N3O2. The van der Waals surface area contributed by atoms with Gasteiger partial charge in [-0.15, -0.1) is 0 Å². The molecule has 0 radical (unpaired) electrons. The van der Waals surface area contributed by atoms with Crippen LogP contribution in [0, 0.1) is 0 Å². The number of nitrogens with zero attached hydrogens (tertiary/aromatic N) is 2. The Bertz CT molecular complexity index is 648. The van der Waals surface area contributed by atoms with Crippen LogP contribution in [0.2, 0.25) is 0 Å². The Morgan fingerprint density at radius 2 is 1.90 bits per heavy atom. The van der Waals surface area contributed by atoms with Crippen LogP contribution >= 0.6 is 0 Å². The first-order chi connectivity index (χ1) is 9.81. The highest BCUT2D eigenvalue weighted by Crippen LogP contribution is 2.31. The Morgan fingerprint density at radius 3 is 2.43 bits per heavy atom. The highest BCUT2D eigenvalue weighted by atomic mass is 19.4. The summed E-state index contributed by atoms with van der Waals surface area (Å²) < 4.78 is 44.3. The predicted octanol–water partition coefficient (Wildman–Crippen LogP) is 2.70. The van der Waals surface area contributed by atoms with Gasteiger partial charge < -0.3 is 10.1 Å². The molecule has 2 aromatic rings. The standard InChI is InChI=1S/C13H12F3N3O2/c1-19-7-10(11(18-19)13(14,15)16)12(20)17-8-3-5-9(21-2)6-4-8/h3-7H,1-2H3,(H,17,20). The van der Waals surface area contributed by atoms with Crippen molar-refractivity contribution in [3.63, 3.8) is 0 Å². The minimum atomic E-state index is -4.69. The number of amides is 1. The van der Waals surface area contributed by atoms with Crippen LogP contribution in [0.1, 0.15) is 16.1 Å². The Balaban J connectivity index is 2.24. The lowest BCUT2D eigenvalue weighted by Gasteiger charge is -2.08. The summed E-state index contributed by atoms with van der Waals surface area (Å²) in [4.78, 5) is 12.0. The molecule has 0 atom stereocenters. The minimum Gasteiger partial charge on any atom is -0.497 e. The van der Waals surface area contributed by atoms with E-state index in [1.807, 2.05) is 0 Å². The van der Waals surface area contributed by atoms with Crippen LogP contribution in [0.4, 0.5) is 18.9 Å². The topological polar surface area (TPSA) is 56.1 Å². The number of hydrogen-bond donors (Lipinski definition) is 1. The number of aromatic nitrogens is 2. The molecule has 0 spiro atoms. The molecule has 21 heavy (non-hydrogen) atoms. The maximum Gasteiger partial charge on any atom is 0.435 e. The number of aryl methyl sites for hydroxylation is 1. The molecule has 8 heteroatoms. The number of methoxy groups -OCH3 is 1. The summed E-state index contributed by atoms with van der Waals surface area (Å²) in [6, 6.07) is 6.23. The average molecular weight is 299 g/mol. The average Bonchev–Trinajstić information content (AvgIpc) is 2.82. The number of nitrogens with one attached hydrogen (secondary N) is 1. The molecule has 112 valence electrons. The van der Waals surface area contributed by atoms with Crippen LogP contribution in [-0.4, -0.2) is 22.8 Å². The Labute approximate surface area is 118 Å². The van der Waals surface area contributed by atoms with Gasteiger partial charge in [0.1, 0.15) is 5.75 Å². The molecule has 0 fully saturated rings. The lowest BCUT2D eigenvalue weighted by molar-refractivity contribution is -0.141. The van der Waals surface area contributed by atoms with Crippen molar-refractivity contribution >= 4 is 11.6 Å². The smallest absolute Gasteiger partial charge is 0.435 e. The second kappa shape index (κ2) is 5.47. The highest BCUT2D eigenvalue weighted by molar-refractivity contribution is 6.05. The van der Waals surface area contributed by atoms with Gasteiger partial charge >= 0.3 is 6.18 Å². The minimum absolute atomic E-state index is 0.359. The highest BCUT2D eigenvalue weighted by Gasteiger charge is 2.38. The molecule has 0 bridgehead atoms. The molecule has 0 saturated carbocycles. The molecule has 1 N–H and O–H groups in total. The molecular weight excluding hydrogens is 287 g/mol. The van der Waals surface area contributed by atoms with Crippen LogP contribution < -0.4 is 10.1 Å². The Kier molecular flexibility index (Phi) is 3.88. The van der Waals surface area contributed by atoms with Gasteiger partial charge in [-0.1, -0.05) is 0 Å². The van der Waals surface area contributed by atoms with Crippen molar-refractivity contribution in [3.05, 3.63) is 41.7 Å². The zero-order chi connectivity index (χ0) is 15.6. The first-order valence-electron chi connectivity index (χ1n) is 5.87. The number of halogens is 3. The number of hydrogen-bond acceptors (Lipinski definition) is 3. The number of ether oxygens (including phenoxy) is 1. The van der Waals surface area contributed by atoms with Crippen molar-refractivity contribution < 1.29 is 22.7 Å². The van der Waals surface area contributed by atoms with Crippen LogP contribution in [0.3, 0.4) is 0 Å². The fraction of sp³-hybridized carbons (Fsp3) is 0.231. The summed E-state index contributed by atoms with van der Waals surface area (Å²) in [6.07, 6.45) is -3.66. The molecule has 1 aromatic carbocycles. The maximum atomic E-state index is 12.8. The lowest BCUT2D eigenvalue weighted by Crippen LogP contribution is -2.17. The van der Waals surface area contributed by atoms with E-state index in [4.69, 9.17) is 4.74 Å². The van der Waals surface area contributed by atoms with Crippen molar-refractivity contribution in [2.24, 2.45) is 7.05 Å². The van der Waals surface area contributed by atoms with Crippen molar-refractivity contribution in [2.45, 2.75) is 6.18 Å². The van der Waals surface area contributed by atoms with Crippen molar-refractivity contribution in [1.29, 1.82) is 0 Å². The Morgan fingerprint density at radius 1 is 1.29 bits per heavy atom. The molecule has 0 aliphatic heterocycles. The normalized spacial score (nSPS) is 11.3. The fourth-order valence-electron chi connectivity index (χ4n) is 1.74. The number of carbonyl (C=O) groups is 1. The van der Waals surface area contributed by atoms with E-state index in [0.717, 1.165) is 10.9 Å². The third kappa shape index (κ3) is 3.33. The summed E-state index contributed by atoms with van der Waals surface area (Å²) in [6.45, 7) is 0. The second-order valence-corrected chi connectivity index (χ2v) is 4.25. The molecule has 5 nitrogen and oxygen atoms in total.